The number of aliphatic carboxylic acids is 1. The molecule has 0 radical (unpaired) electrons. The van der Waals surface area contributed by atoms with E-state index in [1.165, 1.54) is 7.11 Å². The molecule has 9 heteroatoms. The quantitative estimate of drug-likeness (QED) is 0.358. The Hall–Kier alpha value is -4.79. The topological polar surface area (TPSA) is 124 Å². The zero-order chi connectivity index (χ0) is 26.4. The van der Waals surface area contributed by atoms with E-state index in [-0.39, 0.29) is 6.01 Å². The van der Waals surface area contributed by atoms with Crippen molar-refractivity contribution in [1.82, 2.24) is 20.3 Å². The zero-order valence-electron chi connectivity index (χ0n) is 20.6. The molecule has 0 aliphatic rings. The molecular weight excluding hydrogens is 472 g/mol. The summed E-state index contributed by atoms with van der Waals surface area (Å²) >= 11 is 0. The molecule has 0 fully saturated rings. The van der Waals surface area contributed by atoms with Crippen molar-refractivity contribution >= 4 is 11.9 Å². The molecule has 1 amide bonds. The second-order valence-corrected chi connectivity index (χ2v) is 8.27. The lowest BCUT2D eigenvalue weighted by molar-refractivity contribution is -0.148. The highest BCUT2D eigenvalue weighted by Gasteiger charge is 2.50. The van der Waals surface area contributed by atoms with E-state index in [0.717, 1.165) is 0 Å². The summed E-state index contributed by atoms with van der Waals surface area (Å²) in [5.41, 5.74) is -0.358. The number of amides is 1. The minimum Gasteiger partial charge on any atom is -0.497 e. The van der Waals surface area contributed by atoms with E-state index >= 15 is 0 Å². The highest BCUT2D eigenvalue weighted by molar-refractivity contribution is 5.96. The molecule has 1 unspecified atom stereocenters. The highest BCUT2D eigenvalue weighted by Crippen LogP contribution is 2.36. The largest absolute Gasteiger partial charge is 0.497 e. The van der Waals surface area contributed by atoms with E-state index in [2.05, 4.69) is 20.3 Å². The van der Waals surface area contributed by atoms with Crippen LogP contribution in [0.5, 0.6) is 11.8 Å². The number of carbonyl (C=O) groups excluding carboxylic acids is 1. The monoisotopic (exact) mass is 498 g/mol. The minimum atomic E-state index is -1.67. The fraction of sp³-hybridized carbons (Fsp3) is 0.179. The van der Waals surface area contributed by atoms with Crippen LogP contribution in [0.4, 0.5) is 0 Å². The van der Waals surface area contributed by atoms with E-state index < -0.39 is 23.5 Å². The maximum absolute atomic E-state index is 13.7. The Labute approximate surface area is 214 Å². The highest BCUT2D eigenvalue weighted by atomic mass is 16.5. The fourth-order valence-electron chi connectivity index (χ4n) is 4.14. The van der Waals surface area contributed by atoms with Gasteiger partial charge in [-0.3, -0.25) is 4.79 Å². The van der Waals surface area contributed by atoms with Crippen LogP contribution in [0.15, 0.2) is 84.9 Å². The first-order valence-electron chi connectivity index (χ1n) is 11.5. The number of carboxylic acid groups (broad SMARTS) is 1. The number of hydrogen-bond donors (Lipinski definition) is 2. The number of methoxy groups -OCH3 is 1. The summed E-state index contributed by atoms with van der Waals surface area (Å²) in [6, 6.07) is 24.0. The molecule has 37 heavy (non-hydrogen) atoms. The zero-order valence-corrected chi connectivity index (χ0v) is 20.6. The van der Waals surface area contributed by atoms with Crippen molar-refractivity contribution in [2.75, 3.05) is 7.11 Å². The van der Waals surface area contributed by atoms with Gasteiger partial charge in [-0.2, -0.15) is 9.97 Å². The van der Waals surface area contributed by atoms with Gasteiger partial charge < -0.3 is 19.9 Å². The van der Waals surface area contributed by atoms with Gasteiger partial charge >= 0.3 is 12.0 Å². The van der Waals surface area contributed by atoms with Crippen molar-refractivity contribution in [2.45, 2.75) is 25.5 Å². The van der Waals surface area contributed by atoms with Crippen molar-refractivity contribution < 1.29 is 24.2 Å². The van der Waals surface area contributed by atoms with Crippen LogP contribution in [-0.2, 0) is 10.3 Å². The van der Waals surface area contributed by atoms with Gasteiger partial charge in [0.15, 0.2) is 0 Å². The fourth-order valence-corrected chi connectivity index (χ4v) is 4.14. The SMILES string of the molecule is COc1ccc(C(=O)NC(c2ccccc2)(c2ccccc2)C(Oc2nc(C)nc(C)n2)C(=O)O)cc1. The number of nitrogens with one attached hydrogen (secondary N) is 1. The second kappa shape index (κ2) is 10.9. The van der Waals surface area contributed by atoms with Crippen molar-refractivity contribution in [3.05, 3.63) is 113 Å². The third kappa shape index (κ3) is 5.40. The summed E-state index contributed by atoms with van der Waals surface area (Å²) in [7, 11) is 1.53. The third-order valence-corrected chi connectivity index (χ3v) is 5.80. The average molecular weight is 499 g/mol. The molecule has 0 spiro atoms. The molecule has 1 aromatic heterocycles. The first kappa shape index (κ1) is 25.3. The first-order valence-corrected chi connectivity index (χ1v) is 11.5. The second-order valence-electron chi connectivity index (χ2n) is 8.27. The molecule has 0 bridgehead atoms. The summed E-state index contributed by atoms with van der Waals surface area (Å²) in [6.45, 7) is 3.31. The summed E-state index contributed by atoms with van der Waals surface area (Å²) in [5, 5.41) is 13.5. The summed E-state index contributed by atoms with van der Waals surface area (Å²) in [5.74, 6) is -0.495. The lowest BCUT2D eigenvalue weighted by Gasteiger charge is -2.39. The smallest absolute Gasteiger partial charge is 0.348 e. The number of aryl methyl sites for hydroxylation is 2. The summed E-state index contributed by atoms with van der Waals surface area (Å²) < 4.78 is 11.2. The van der Waals surface area contributed by atoms with Crippen molar-refractivity contribution in [1.29, 1.82) is 0 Å². The molecule has 9 nitrogen and oxygen atoms in total. The molecule has 1 heterocycles. The van der Waals surface area contributed by atoms with Crippen LogP contribution in [0.25, 0.3) is 0 Å². The molecule has 188 valence electrons. The molecule has 0 aliphatic carbocycles. The van der Waals surface area contributed by atoms with Crippen LogP contribution in [0.2, 0.25) is 0 Å². The maximum Gasteiger partial charge on any atom is 0.348 e. The first-order chi connectivity index (χ1) is 17.8. The lowest BCUT2D eigenvalue weighted by Crippen LogP contribution is -2.60. The van der Waals surface area contributed by atoms with Gasteiger partial charge in [-0.15, -0.1) is 0 Å². The Kier molecular flexibility index (Phi) is 7.43. The lowest BCUT2D eigenvalue weighted by atomic mass is 9.77. The summed E-state index contributed by atoms with van der Waals surface area (Å²) in [6.07, 6.45) is -1.65. The van der Waals surface area contributed by atoms with Crippen LogP contribution in [0, 0.1) is 13.8 Å². The van der Waals surface area contributed by atoms with Crippen LogP contribution in [0.3, 0.4) is 0 Å². The molecule has 0 saturated heterocycles. The minimum absolute atomic E-state index is 0.160. The van der Waals surface area contributed by atoms with Gasteiger partial charge in [0.2, 0.25) is 6.10 Å². The predicted molar refractivity (Wildman–Crippen MR) is 135 cm³/mol. The number of nitrogens with zero attached hydrogens (tertiary/aromatic N) is 3. The van der Waals surface area contributed by atoms with E-state index in [0.29, 0.717) is 34.1 Å². The van der Waals surface area contributed by atoms with Gasteiger partial charge in [0.25, 0.3) is 5.91 Å². The molecule has 3 aromatic carbocycles. The molecule has 0 saturated carbocycles. The molecule has 4 rings (SSSR count). The number of aromatic nitrogens is 3. The van der Waals surface area contributed by atoms with Crippen molar-refractivity contribution in [2.24, 2.45) is 0 Å². The van der Waals surface area contributed by atoms with Gasteiger partial charge in [0.05, 0.1) is 7.11 Å². The predicted octanol–water partition coefficient (Wildman–Crippen LogP) is 3.70. The molecule has 1 atom stereocenters. The number of rotatable bonds is 9. The van der Waals surface area contributed by atoms with Crippen LogP contribution < -0.4 is 14.8 Å². The van der Waals surface area contributed by atoms with Gasteiger partial charge in [0.1, 0.15) is 22.9 Å². The Morgan fingerprint density at radius 3 is 1.78 bits per heavy atom. The van der Waals surface area contributed by atoms with Gasteiger partial charge in [-0.25, -0.2) is 9.78 Å². The average Bonchev–Trinajstić information content (AvgIpc) is 2.91. The molecule has 4 aromatic rings. The van der Waals surface area contributed by atoms with Crippen LogP contribution >= 0.6 is 0 Å². The van der Waals surface area contributed by atoms with Crippen LogP contribution in [0.1, 0.15) is 33.1 Å². The van der Waals surface area contributed by atoms with Crippen LogP contribution in [-0.4, -0.2) is 45.1 Å². The molecule has 0 aliphatic heterocycles. The molecular formula is C28H26N4O5. The Balaban J connectivity index is 1.92. The normalized spacial score (nSPS) is 11.9. The number of ether oxygens (including phenoxy) is 2. The summed E-state index contributed by atoms with van der Waals surface area (Å²) in [4.78, 5) is 39.1. The Bertz CT molecular complexity index is 1320. The third-order valence-electron chi connectivity index (χ3n) is 5.80. The number of carbonyl (C=O) groups is 2. The number of hydrogen-bond acceptors (Lipinski definition) is 7. The van der Waals surface area contributed by atoms with E-state index in [4.69, 9.17) is 9.47 Å². The standard InChI is InChI=1S/C28H26N4O5/c1-18-29-19(2)31-27(30-18)37-24(26(34)35)28(21-10-6-4-7-11-21,22-12-8-5-9-13-22)32-25(33)20-14-16-23(36-3)17-15-20/h4-17,24H,1-3H3,(H,32,33)(H,34,35). The van der Waals surface area contributed by atoms with E-state index in [9.17, 15) is 14.7 Å². The number of carboxylic acids is 1. The maximum atomic E-state index is 13.7. The van der Waals surface area contributed by atoms with Crippen molar-refractivity contribution in [3.63, 3.8) is 0 Å². The van der Waals surface area contributed by atoms with Gasteiger partial charge in [-0.1, -0.05) is 60.7 Å². The Morgan fingerprint density at radius 2 is 1.32 bits per heavy atom. The Morgan fingerprint density at radius 1 is 0.811 bits per heavy atom. The van der Waals surface area contributed by atoms with E-state index in [1.807, 2.05) is 0 Å². The van der Waals surface area contributed by atoms with Gasteiger partial charge in [-0.05, 0) is 49.2 Å². The molecule has 2 N–H and O–H groups in total. The van der Waals surface area contributed by atoms with E-state index in [1.54, 1.807) is 98.8 Å². The van der Waals surface area contributed by atoms with Crippen molar-refractivity contribution in [3.8, 4) is 11.8 Å². The number of benzene rings is 3. The van der Waals surface area contributed by atoms with Gasteiger partial charge in [0, 0.05) is 5.56 Å².